The predicted octanol–water partition coefficient (Wildman–Crippen LogP) is 2.50. The number of oxime groups is 1. The third-order valence-electron chi connectivity index (χ3n) is 2.20. The van der Waals surface area contributed by atoms with Crippen LogP contribution in [-0.4, -0.2) is 17.0 Å². The first kappa shape index (κ1) is 13.5. The highest BCUT2D eigenvalue weighted by Gasteiger charge is 2.07. The molecule has 0 saturated carbocycles. The highest BCUT2D eigenvalue weighted by molar-refractivity contribution is 7.13. The lowest BCUT2D eigenvalue weighted by Gasteiger charge is -2.00. The van der Waals surface area contributed by atoms with E-state index in [9.17, 15) is 4.79 Å². The number of halogens is 1. The topological polar surface area (TPSA) is 77.6 Å². The van der Waals surface area contributed by atoms with Gasteiger partial charge >= 0.3 is 0 Å². The van der Waals surface area contributed by atoms with Gasteiger partial charge in [0.2, 0.25) is 0 Å². The first-order valence-corrected chi connectivity index (χ1v) is 6.56. The molecular weight excluding hydrogens is 286 g/mol. The summed E-state index contributed by atoms with van der Waals surface area (Å²) in [6, 6.07) is 7.15. The molecule has 0 radical (unpaired) electrons. The number of anilines is 1. The Kier molecular flexibility index (Phi) is 4.48. The van der Waals surface area contributed by atoms with E-state index in [2.05, 4.69) is 10.1 Å². The molecule has 5 nitrogen and oxygen atoms in total. The summed E-state index contributed by atoms with van der Waals surface area (Å²) < 4.78 is 0. The van der Waals surface area contributed by atoms with Crippen molar-refractivity contribution in [1.82, 2.24) is 4.98 Å². The fourth-order valence-electron chi connectivity index (χ4n) is 1.29. The van der Waals surface area contributed by atoms with Crippen LogP contribution >= 0.6 is 22.9 Å². The number of nitrogens with two attached hydrogens (primary N) is 1. The minimum atomic E-state index is 0.113. The van der Waals surface area contributed by atoms with Gasteiger partial charge in [-0.3, -0.25) is 4.79 Å². The molecule has 0 bridgehead atoms. The van der Waals surface area contributed by atoms with E-state index in [1.165, 1.54) is 11.3 Å². The molecule has 1 aromatic heterocycles. The van der Waals surface area contributed by atoms with Gasteiger partial charge in [-0.05, 0) is 17.7 Å². The fraction of sp³-hybridized carbons (Fsp3) is 0.0833. The van der Waals surface area contributed by atoms with Crippen molar-refractivity contribution in [1.29, 1.82) is 0 Å². The monoisotopic (exact) mass is 295 g/mol. The molecule has 98 valence electrons. The lowest BCUT2D eigenvalue weighted by molar-refractivity contribution is -0.102. The molecule has 0 aliphatic carbocycles. The predicted molar refractivity (Wildman–Crippen MR) is 75.4 cm³/mol. The molecule has 0 aliphatic heterocycles. The van der Waals surface area contributed by atoms with E-state index in [1.54, 1.807) is 17.5 Å². The van der Waals surface area contributed by atoms with Crippen molar-refractivity contribution in [2.45, 2.75) is 6.61 Å². The lowest BCUT2D eigenvalue weighted by atomic mass is 10.2. The van der Waals surface area contributed by atoms with Crippen LogP contribution in [0, 0.1) is 0 Å². The van der Waals surface area contributed by atoms with Gasteiger partial charge < -0.3 is 10.6 Å². The van der Waals surface area contributed by atoms with Crippen LogP contribution in [0.3, 0.4) is 0 Å². The van der Waals surface area contributed by atoms with Crippen molar-refractivity contribution in [3.8, 4) is 0 Å². The molecular formula is C12H10ClN3O2S. The number of aldehydes is 1. The van der Waals surface area contributed by atoms with E-state index in [0.29, 0.717) is 22.1 Å². The minimum Gasteiger partial charge on any atom is -0.390 e. The maximum atomic E-state index is 10.9. The summed E-state index contributed by atoms with van der Waals surface area (Å²) in [5.41, 5.74) is 6.91. The van der Waals surface area contributed by atoms with Crippen molar-refractivity contribution in [3.63, 3.8) is 0 Å². The summed E-state index contributed by atoms with van der Waals surface area (Å²) in [6.07, 6.45) is 0.580. The maximum Gasteiger partial charge on any atom is 0.180 e. The van der Waals surface area contributed by atoms with Crippen molar-refractivity contribution in [2.75, 3.05) is 5.73 Å². The number of benzene rings is 1. The minimum absolute atomic E-state index is 0.113. The number of rotatable bonds is 5. The van der Waals surface area contributed by atoms with E-state index >= 15 is 0 Å². The summed E-state index contributed by atoms with van der Waals surface area (Å²) in [7, 11) is 0. The number of carbonyl (C=O) groups excluding carboxylic acids is 1. The van der Waals surface area contributed by atoms with Gasteiger partial charge in [0.25, 0.3) is 0 Å². The molecule has 0 unspecified atom stereocenters. The van der Waals surface area contributed by atoms with Crippen LogP contribution in [0.1, 0.15) is 11.3 Å². The number of thiazole rings is 1. The number of nitrogens with zero attached hydrogens (tertiary/aromatic N) is 2. The van der Waals surface area contributed by atoms with Crippen LogP contribution in [0.25, 0.3) is 0 Å². The molecule has 1 aromatic carbocycles. The van der Waals surface area contributed by atoms with Gasteiger partial charge in [0.05, 0.1) is 0 Å². The van der Waals surface area contributed by atoms with E-state index < -0.39 is 0 Å². The first-order valence-electron chi connectivity index (χ1n) is 5.30. The zero-order chi connectivity index (χ0) is 13.7. The number of hydrogen-bond acceptors (Lipinski definition) is 6. The number of nitrogen functional groups attached to an aromatic ring is 1. The molecule has 2 rings (SSSR count). The molecule has 0 atom stereocenters. The Morgan fingerprint density at radius 3 is 2.79 bits per heavy atom. The van der Waals surface area contributed by atoms with Crippen LogP contribution in [0.5, 0.6) is 0 Å². The van der Waals surface area contributed by atoms with Gasteiger partial charge in [0.15, 0.2) is 17.1 Å². The number of aromatic nitrogens is 1. The average molecular weight is 296 g/mol. The van der Waals surface area contributed by atoms with Crippen LogP contribution < -0.4 is 5.73 Å². The zero-order valence-electron chi connectivity index (χ0n) is 9.75. The second-order valence-electron chi connectivity index (χ2n) is 3.57. The Hall–Kier alpha value is -1.92. The van der Waals surface area contributed by atoms with Gasteiger partial charge in [0, 0.05) is 10.4 Å². The van der Waals surface area contributed by atoms with Gasteiger partial charge in [-0.15, -0.1) is 11.3 Å². The molecule has 7 heteroatoms. The normalized spacial score (nSPS) is 11.3. The molecule has 0 aliphatic rings. The first-order chi connectivity index (χ1) is 9.19. The summed E-state index contributed by atoms with van der Waals surface area (Å²) in [6.45, 7) is 0.244. The summed E-state index contributed by atoms with van der Waals surface area (Å²) >= 11 is 7.00. The Balaban J connectivity index is 2.00. The van der Waals surface area contributed by atoms with Crippen LogP contribution in [0.15, 0.2) is 34.8 Å². The second-order valence-corrected chi connectivity index (χ2v) is 4.89. The number of carbonyl (C=O) groups is 1. The van der Waals surface area contributed by atoms with Gasteiger partial charge in [-0.2, -0.15) is 0 Å². The van der Waals surface area contributed by atoms with Crippen molar-refractivity contribution < 1.29 is 9.63 Å². The molecule has 2 aromatic rings. The fourth-order valence-corrected chi connectivity index (χ4v) is 1.97. The molecule has 19 heavy (non-hydrogen) atoms. The quantitative estimate of drug-likeness (QED) is 0.522. The second kappa shape index (κ2) is 6.31. The van der Waals surface area contributed by atoms with Crippen LogP contribution in [0.4, 0.5) is 5.13 Å². The third kappa shape index (κ3) is 3.77. The molecule has 0 saturated heterocycles. The Morgan fingerprint density at radius 1 is 1.47 bits per heavy atom. The SMILES string of the molecule is Nc1nc(C(C=O)=NOCc2ccc(Cl)cc2)cs1. The molecule has 0 amide bonds. The van der Waals surface area contributed by atoms with E-state index in [4.69, 9.17) is 22.2 Å². The molecule has 1 heterocycles. The van der Waals surface area contributed by atoms with Crippen LogP contribution in [-0.2, 0) is 16.2 Å². The third-order valence-corrected chi connectivity index (χ3v) is 3.13. The number of hydrogen-bond donors (Lipinski definition) is 1. The molecule has 0 spiro atoms. The smallest absolute Gasteiger partial charge is 0.180 e. The van der Waals surface area contributed by atoms with Crippen molar-refractivity contribution >= 4 is 40.1 Å². The standard InChI is InChI=1S/C12H10ClN3O2S/c13-9-3-1-8(2-4-9)6-18-16-10(5-17)11-7-19-12(14)15-11/h1-5,7H,6H2,(H2,14,15). The van der Waals surface area contributed by atoms with Crippen molar-refractivity contribution in [3.05, 3.63) is 45.9 Å². The maximum absolute atomic E-state index is 10.9. The van der Waals surface area contributed by atoms with E-state index in [0.717, 1.165) is 5.56 Å². The van der Waals surface area contributed by atoms with E-state index in [-0.39, 0.29) is 12.3 Å². The molecule has 0 fully saturated rings. The summed E-state index contributed by atoms with van der Waals surface area (Å²) in [4.78, 5) is 20.0. The Bertz CT molecular complexity index is 595. The summed E-state index contributed by atoms with van der Waals surface area (Å²) in [5.74, 6) is 0. The van der Waals surface area contributed by atoms with Gasteiger partial charge in [-0.1, -0.05) is 28.9 Å². The lowest BCUT2D eigenvalue weighted by Crippen LogP contribution is -2.04. The summed E-state index contributed by atoms with van der Waals surface area (Å²) in [5, 5.41) is 6.42. The zero-order valence-corrected chi connectivity index (χ0v) is 11.3. The average Bonchev–Trinajstić information content (AvgIpc) is 2.83. The van der Waals surface area contributed by atoms with Gasteiger partial charge in [-0.25, -0.2) is 4.98 Å². The van der Waals surface area contributed by atoms with Crippen molar-refractivity contribution in [2.24, 2.45) is 5.16 Å². The van der Waals surface area contributed by atoms with E-state index in [1.807, 2.05) is 12.1 Å². The molecule has 2 N–H and O–H groups in total. The van der Waals surface area contributed by atoms with Crippen LogP contribution in [0.2, 0.25) is 5.02 Å². The Labute approximate surface area is 118 Å². The highest BCUT2D eigenvalue weighted by Crippen LogP contribution is 2.13. The highest BCUT2D eigenvalue weighted by atomic mass is 35.5. The largest absolute Gasteiger partial charge is 0.390 e. The van der Waals surface area contributed by atoms with Gasteiger partial charge in [0.1, 0.15) is 12.3 Å². The Morgan fingerprint density at radius 2 is 2.21 bits per heavy atom.